The Morgan fingerprint density at radius 3 is 2.50 bits per heavy atom. The number of fused-ring (bicyclic) bond motifs is 1. The minimum absolute atomic E-state index is 0.0316. The van der Waals surface area contributed by atoms with Crippen molar-refractivity contribution in [2.75, 3.05) is 0 Å². The molecule has 1 N–H and O–H groups in total. The number of hydrogen-bond donors (Lipinski definition) is 1. The Hall–Kier alpha value is -2.62. The highest BCUT2D eigenvalue weighted by Crippen LogP contribution is 2.23. The lowest BCUT2D eigenvalue weighted by Crippen LogP contribution is -2.07. The van der Waals surface area contributed by atoms with Crippen LogP contribution in [0.3, 0.4) is 0 Å². The highest BCUT2D eigenvalue weighted by molar-refractivity contribution is 5.79. The number of aryl methyl sites for hydroxylation is 2. The van der Waals surface area contributed by atoms with Gasteiger partial charge >= 0.3 is 5.97 Å². The molecule has 24 heavy (non-hydrogen) atoms. The van der Waals surface area contributed by atoms with Crippen LogP contribution in [0.2, 0.25) is 0 Å². The molecule has 1 aromatic heterocycles. The van der Waals surface area contributed by atoms with Gasteiger partial charge in [-0.1, -0.05) is 36.4 Å². The van der Waals surface area contributed by atoms with Crippen molar-refractivity contribution in [3.63, 3.8) is 0 Å². The summed E-state index contributed by atoms with van der Waals surface area (Å²) in [6, 6.07) is 16.5. The first-order valence-corrected chi connectivity index (χ1v) is 8.30. The number of rotatable bonds is 6. The second kappa shape index (κ2) is 6.87. The summed E-state index contributed by atoms with van der Waals surface area (Å²) >= 11 is 0. The highest BCUT2D eigenvalue weighted by Gasteiger charge is 2.14. The zero-order valence-corrected chi connectivity index (χ0v) is 14.1. The molecule has 0 radical (unpaired) electrons. The number of hydrogen-bond acceptors (Lipinski definition) is 2. The fourth-order valence-corrected chi connectivity index (χ4v) is 3.13. The van der Waals surface area contributed by atoms with Crippen molar-refractivity contribution in [1.82, 2.24) is 9.55 Å². The van der Waals surface area contributed by atoms with E-state index >= 15 is 0 Å². The third-order valence-corrected chi connectivity index (χ3v) is 4.18. The van der Waals surface area contributed by atoms with Crippen molar-refractivity contribution < 1.29 is 9.90 Å². The molecule has 0 unspecified atom stereocenters. The van der Waals surface area contributed by atoms with Crippen LogP contribution in [0.25, 0.3) is 11.0 Å². The molecular weight excluding hydrogens is 300 g/mol. The smallest absolute Gasteiger partial charge is 0.307 e. The summed E-state index contributed by atoms with van der Waals surface area (Å²) in [6.07, 6.45) is 1.84. The number of benzene rings is 2. The number of carboxylic acids is 1. The lowest BCUT2D eigenvalue weighted by atomic mass is 10.1. The number of nitrogens with zero attached hydrogens (tertiary/aromatic N) is 2. The zero-order chi connectivity index (χ0) is 17.1. The van der Waals surface area contributed by atoms with Gasteiger partial charge in [0.05, 0.1) is 17.5 Å². The predicted molar refractivity (Wildman–Crippen MR) is 95.3 cm³/mol. The predicted octanol–water partition coefficient (Wildman–Crippen LogP) is 4.03. The van der Waals surface area contributed by atoms with E-state index in [0.717, 1.165) is 35.3 Å². The third-order valence-electron chi connectivity index (χ3n) is 4.18. The molecule has 0 fully saturated rings. The van der Waals surface area contributed by atoms with Crippen LogP contribution in [-0.4, -0.2) is 20.6 Å². The summed E-state index contributed by atoms with van der Waals surface area (Å²) in [7, 11) is 0. The Morgan fingerprint density at radius 2 is 1.83 bits per heavy atom. The van der Waals surface area contributed by atoms with E-state index in [1.165, 1.54) is 5.56 Å². The van der Waals surface area contributed by atoms with Gasteiger partial charge in [-0.2, -0.15) is 0 Å². The van der Waals surface area contributed by atoms with Gasteiger partial charge < -0.3 is 9.67 Å². The molecule has 4 nitrogen and oxygen atoms in total. The maximum Gasteiger partial charge on any atom is 0.307 e. The Balaban J connectivity index is 1.93. The maximum absolute atomic E-state index is 10.9. The van der Waals surface area contributed by atoms with Crippen molar-refractivity contribution in [2.24, 2.45) is 0 Å². The Bertz CT molecular complexity index is 851. The third kappa shape index (κ3) is 3.48. The second-order valence-electron chi connectivity index (χ2n) is 6.37. The molecule has 3 rings (SSSR count). The van der Waals surface area contributed by atoms with Gasteiger partial charge in [-0.05, 0) is 43.5 Å². The van der Waals surface area contributed by atoms with E-state index in [-0.39, 0.29) is 6.42 Å². The van der Waals surface area contributed by atoms with E-state index in [1.807, 2.05) is 24.3 Å². The molecule has 0 spiro atoms. The van der Waals surface area contributed by atoms with E-state index in [4.69, 9.17) is 10.1 Å². The minimum atomic E-state index is -0.818. The Labute approximate surface area is 141 Å². The monoisotopic (exact) mass is 322 g/mol. The first-order valence-electron chi connectivity index (χ1n) is 8.30. The lowest BCUT2D eigenvalue weighted by Gasteiger charge is -2.13. The van der Waals surface area contributed by atoms with Crippen LogP contribution in [-0.2, 0) is 24.1 Å². The first-order chi connectivity index (χ1) is 11.5. The maximum atomic E-state index is 10.9. The molecule has 4 heteroatoms. The summed E-state index contributed by atoms with van der Waals surface area (Å²) in [4.78, 5) is 15.7. The van der Waals surface area contributed by atoms with Crippen LogP contribution in [0, 0.1) is 0 Å². The van der Waals surface area contributed by atoms with Crippen LogP contribution in [0.4, 0.5) is 0 Å². The van der Waals surface area contributed by atoms with E-state index in [0.29, 0.717) is 6.04 Å². The van der Waals surface area contributed by atoms with Crippen molar-refractivity contribution in [2.45, 2.75) is 39.2 Å². The lowest BCUT2D eigenvalue weighted by molar-refractivity contribution is -0.136. The van der Waals surface area contributed by atoms with Gasteiger partial charge in [-0.15, -0.1) is 0 Å². The molecule has 0 bridgehead atoms. The molecule has 2 aromatic carbocycles. The Morgan fingerprint density at radius 1 is 1.08 bits per heavy atom. The van der Waals surface area contributed by atoms with Gasteiger partial charge in [-0.3, -0.25) is 4.79 Å². The van der Waals surface area contributed by atoms with Crippen LogP contribution < -0.4 is 0 Å². The van der Waals surface area contributed by atoms with E-state index in [1.54, 1.807) is 0 Å². The van der Waals surface area contributed by atoms with Crippen LogP contribution >= 0.6 is 0 Å². The molecule has 0 amide bonds. The number of carbonyl (C=O) groups is 1. The molecule has 0 aliphatic carbocycles. The van der Waals surface area contributed by atoms with Crippen molar-refractivity contribution in [1.29, 1.82) is 0 Å². The van der Waals surface area contributed by atoms with E-state index in [9.17, 15) is 4.79 Å². The fraction of sp³-hybridized carbons (Fsp3) is 0.300. The molecule has 3 aromatic rings. The van der Waals surface area contributed by atoms with Gasteiger partial charge in [0, 0.05) is 12.5 Å². The molecule has 0 atom stereocenters. The first kappa shape index (κ1) is 16.2. The van der Waals surface area contributed by atoms with Crippen molar-refractivity contribution in [3.05, 3.63) is 65.5 Å². The van der Waals surface area contributed by atoms with E-state index in [2.05, 4.69) is 42.7 Å². The summed E-state index contributed by atoms with van der Waals surface area (Å²) in [5, 5.41) is 8.97. The van der Waals surface area contributed by atoms with Gasteiger partial charge in [0.2, 0.25) is 0 Å². The summed E-state index contributed by atoms with van der Waals surface area (Å²) in [5.41, 5.74) is 4.04. The fourth-order valence-electron chi connectivity index (χ4n) is 3.13. The minimum Gasteiger partial charge on any atom is -0.481 e. The van der Waals surface area contributed by atoms with Crippen LogP contribution in [0.15, 0.2) is 48.5 Å². The summed E-state index contributed by atoms with van der Waals surface area (Å²) in [5.74, 6) is 0.235. The molecule has 1 heterocycles. The molecule has 0 saturated carbocycles. The average molecular weight is 322 g/mol. The topological polar surface area (TPSA) is 55.1 Å². The number of imidazole rings is 1. The van der Waals surface area contributed by atoms with Gasteiger partial charge in [-0.25, -0.2) is 4.98 Å². The number of aromatic nitrogens is 2. The van der Waals surface area contributed by atoms with Crippen LogP contribution in [0.5, 0.6) is 0 Å². The molecule has 0 aliphatic heterocycles. The molecule has 0 aliphatic rings. The molecular formula is C20H22N2O2. The van der Waals surface area contributed by atoms with Gasteiger partial charge in [0.1, 0.15) is 5.82 Å². The SMILES string of the molecule is CC(C)n1c(CCc2ccccc2)nc2cc(CC(=O)O)ccc21. The highest BCUT2D eigenvalue weighted by atomic mass is 16.4. The Kier molecular flexibility index (Phi) is 4.65. The number of carboxylic acid groups (broad SMARTS) is 1. The number of aliphatic carboxylic acids is 1. The quantitative estimate of drug-likeness (QED) is 0.745. The van der Waals surface area contributed by atoms with Crippen LogP contribution in [0.1, 0.15) is 36.8 Å². The average Bonchev–Trinajstić information content (AvgIpc) is 2.91. The summed E-state index contributed by atoms with van der Waals surface area (Å²) in [6.45, 7) is 4.30. The van der Waals surface area contributed by atoms with E-state index < -0.39 is 5.97 Å². The zero-order valence-electron chi connectivity index (χ0n) is 14.1. The molecule has 0 saturated heterocycles. The standard InChI is InChI=1S/C20H22N2O2/c1-14(2)22-18-10-8-16(13-20(23)24)12-17(18)21-19(22)11-9-15-6-4-3-5-7-15/h3-8,10,12,14H,9,11,13H2,1-2H3,(H,23,24). The van der Waals surface area contributed by atoms with Gasteiger partial charge in [0.15, 0.2) is 0 Å². The van der Waals surface area contributed by atoms with Gasteiger partial charge in [0.25, 0.3) is 0 Å². The summed E-state index contributed by atoms with van der Waals surface area (Å²) < 4.78 is 2.25. The second-order valence-corrected chi connectivity index (χ2v) is 6.37. The molecule has 124 valence electrons. The van der Waals surface area contributed by atoms with Crippen molar-refractivity contribution >= 4 is 17.0 Å². The normalized spacial score (nSPS) is 11.3. The largest absolute Gasteiger partial charge is 0.481 e. The van der Waals surface area contributed by atoms with Crippen molar-refractivity contribution in [3.8, 4) is 0 Å².